The molecule has 0 bridgehead atoms. The van der Waals surface area contributed by atoms with Gasteiger partial charge in [0.05, 0.1) is 12.0 Å². The monoisotopic (exact) mass is 252 g/mol. The van der Waals surface area contributed by atoms with Crippen LogP contribution in [0, 0.1) is 0 Å². The van der Waals surface area contributed by atoms with Gasteiger partial charge in [-0.1, -0.05) is 0 Å². The summed E-state index contributed by atoms with van der Waals surface area (Å²) in [5.74, 6) is 0.618. The van der Waals surface area contributed by atoms with Crippen molar-refractivity contribution >= 4 is 9.84 Å². The lowest BCUT2D eigenvalue weighted by atomic mass is 10.3. The number of ether oxygens (including phenoxy) is 1. The molecule has 0 spiro atoms. The predicted molar refractivity (Wildman–Crippen MR) is 63.7 cm³/mol. The molecule has 1 aromatic carbocycles. The molecule has 5 nitrogen and oxygen atoms in total. The van der Waals surface area contributed by atoms with Crippen molar-refractivity contribution in [2.75, 3.05) is 7.11 Å². The minimum atomic E-state index is -3.51. The molecule has 17 heavy (non-hydrogen) atoms. The first-order chi connectivity index (χ1) is 8.14. The van der Waals surface area contributed by atoms with Gasteiger partial charge in [0.25, 0.3) is 0 Å². The Labute approximate surface area is 99.7 Å². The summed E-state index contributed by atoms with van der Waals surface area (Å²) in [4.78, 5) is 0.217. The Bertz CT molecular complexity index is 559. The molecule has 2 rings (SSSR count). The van der Waals surface area contributed by atoms with E-state index in [1.165, 1.54) is 25.3 Å². The van der Waals surface area contributed by atoms with Gasteiger partial charge < -0.3 is 10.2 Å². The number of nitrogens with one attached hydrogen (secondary N) is 2. The highest BCUT2D eigenvalue weighted by atomic mass is 32.2. The Hall–Kier alpha value is -1.95. The van der Waals surface area contributed by atoms with E-state index in [4.69, 9.17) is 4.74 Å². The summed E-state index contributed by atoms with van der Waals surface area (Å²) in [5, 5.41) is 0.116. The summed E-state index contributed by atoms with van der Waals surface area (Å²) < 4.78 is 29.3. The van der Waals surface area contributed by atoms with E-state index in [2.05, 4.69) is 10.9 Å². The van der Waals surface area contributed by atoms with Crippen LogP contribution in [-0.4, -0.2) is 15.5 Å². The molecule has 2 N–H and O–H groups in total. The van der Waals surface area contributed by atoms with E-state index in [-0.39, 0.29) is 9.92 Å². The number of rotatable bonds is 3. The summed E-state index contributed by atoms with van der Waals surface area (Å²) in [6, 6.07) is 6.24. The number of methoxy groups -OCH3 is 1. The highest BCUT2D eigenvalue weighted by Gasteiger charge is 2.20. The highest BCUT2D eigenvalue weighted by molar-refractivity contribution is 7.95. The second-order valence-electron chi connectivity index (χ2n) is 3.34. The van der Waals surface area contributed by atoms with E-state index in [9.17, 15) is 8.42 Å². The summed E-state index contributed by atoms with van der Waals surface area (Å²) in [6.07, 6.45) is 4.72. The maximum absolute atomic E-state index is 12.1. The third-order valence-electron chi connectivity index (χ3n) is 2.28. The Morgan fingerprint density at radius 1 is 1.18 bits per heavy atom. The maximum Gasteiger partial charge on any atom is 0.223 e. The standard InChI is InChI=1S/C11H12N2O3S/c1-16-9-4-6-10(7-5-9)17(14,15)11-3-2-8-12-13-11/h2-8,12-13H,1H3. The molecule has 0 aromatic heterocycles. The first-order valence-corrected chi connectivity index (χ1v) is 6.40. The van der Waals surface area contributed by atoms with Crippen molar-refractivity contribution in [3.63, 3.8) is 0 Å². The molecular weight excluding hydrogens is 240 g/mol. The maximum atomic E-state index is 12.1. The summed E-state index contributed by atoms with van der Waals surface area (Å²) in [6.45, 7) is 0. The first kappa shape index (κ1) is 11.5. The first-order valence-electron chi connectivity index (χ1n) is 4.92. The van der Waals surface area contributed by atoms with Crippen molar-refractivity contribution < 1.29 is 13.2 Å². The molecule has 1 aliphatic rings. The lowest BCUT2D eigenvalue weighted by Crippen LogP contribution is -2.32. The van der Waals surface area contributed by atoms with Crippen LogP contribution in [-0.2, 0) is 9.84 Å². The SMILES string of the molecule is COc1ccc(S(=O)(=O)C2=CC=CNN2)cc1. The number of hydrazine groups is 1. The molecule has 0 aliphatic carbocycles. The van der Waals surface area contributed by atoms with E-state index in [0.29, 0.717) is 5.75 Å². The van der Waals surface area contributed by atoms with Gasteiger partial charge in [-0.25, -0.2) is 8.42 Å². The Morgan fingerprint density at radius 2 is 1.88 bits per heavy atom. The molecule has 90 valence electrons. The number of sulfone groups is 1. The van der Waals surface area contributed by atoms with Crippen molar-refractivity contribution in [3.8, 4) is 5.75 Å². The van der Waals surface area contributed by atoms with Gasteiger partial charge >= 0.3 is 0 Å². The van der Waals surface area contributed by atoms with Crippen LogP contribution >= 0.6 is 0 Å². The zero-order valence-electron chi connectivity index (χ0n) is 9.17. The van der Waals surface area contributed by atoms with Crippen LogP contribution in [0.5, 0.6) is 5.75 Å². The van der Waals surface area contributed by atoms with Crippen LogP contribution in [0.25, 0.3) is 0 Å². The van der Waals surface area contributed by atoms with Crippen LogP contribution in [0.15, 0.2) is 52.5 Å². The predicted octanol–water partition coefficient (Wildman–Crippen LogP) is 0.932. The zero-order chi connectivity index (χ0) is 12.3. The molecule has 0 atom stereocenters. The third-order valence-corrected chi connectivity index (χ3v) is 3.99. The second kappa shape index (κ2) is 4.50. The van der Waals surface area contributed by atoms with Crippen LogP contribution < -0.4 is 15.6 Å². The van der Waals surface area contributed by atoms with Crippen molar-refractivity contribution in [2.24, 2.45) is 0 Å². The van der Waals surface area contributed by atoms with E-state index < -0.39 is 9.84 Å². The Morgan fingerprint density at radius 3 is 2.41 bits per heavy atom. The van der Waals surface area contributed by atoms with E-state index in [1.807, 2.05) is 0 Å². The Kier molecular flexibility index (Phi) is 3.06. The van der Waals surface area contributed by atoms with Gasteiger partial charge in [0.1, 0.15) is 5.75 Å². The van der Waals surface area contributed by atoms with Crippen molar-refractivity contribution in [1.82, 2.24) is 10.9 Å². The van der Waals surface area contributed by atoms with Crippen LogP contribution in [0.1, 0.15) is 0 Å². The molecule has 1 aliphatic heterocycles. The average Bonchev–Trinajstić information content (AvgIpc) is 2.40. The van der Waals surface area contributed by atoms with Gasteiger partial charge in [-0.2, -0.15) is 0 Å². The highest BCUT2D eigenvalue weighted by Crippen LogP contribution is 2.20. The van der Waals surface area contributed by atoms with Gasteiger partial charge in [-0.3, -0.25) is 5.43 Å². The fraction of sp³-hybridized carbons (Fsp3) is 0.0909. The molecular formula is C11H12N2O3S. The van der Waals surface area contributed by atoms with E-state index in [1.54, 1.807) is 24.4 Å². The molecule has 0 unspecified atom stereocenters. The molecule has 0 radical (unpaired) electrons. The molecule has 6 heteroatoms. The summed E-state index contributed by atoms with van der Waals surface area (Å²) >= 11 is 0. The molecule has 0 saturated heterocycles. The number of hydrogen-bond donors (Lipinski definition) is 2. The molecule has 0 amide bonds. The fourth-order valence-electron chi connectivity index (χ4n) is 1.38. The summed E-state index contributed by atoms with van der Waals surface area (Å²) in [7, 11) is -1.98. The summed E-state index contributed by atoms with van der Waals surface area (Å²) in [5.41, 5.74) is 5.22. The molecule has 1 heterocycles. The third kappa shape index (κ3) is 2.26. The van der Waals surface area contributed by atoms with Crippen molar-refractivity contribution in [2.45, 2.75) is 4.90 Å². The number of benzene rings is 1. The average molecular weight is 252 g/mol. The van der Waals surface area contributed by atoms with Crippen LogP contribution in [0.4, 0.5) is 0 Å². The van der Waals surface area contributed by atoms with Gasteiger partial charge in [0, 0.05) is 6.20 Å². The smallest absolute Gasteiger partial charge is 0.223 e. The van der Waals surface area contributed by atoms with Crippen LogP contribution in [0.2, 0.25) is 0 Å². The van der Waals surface area contributed by atoms with Gasteiger partial charge in [0.15, 0.2) is 5.03 Å². The van der Waals surface area contributed by atoms with Gasteiger partial charge in [-0.15, -0.1) is 0 Å². The van der Waals surface area contributed by atoms with E-state index >= 15 is 0 Å². The molecule has 1 aromatic rings. The van der Waals surface area contributed by atoms with E-state index in [0.717, 1.165) is 0 Å². The minimum absolute atomic E-state index is 0.116. The Balaban J connectivity index is 2.37. The van der Waals surface area contributed by atoms with Crippen molar-refractivity contribution in [3.05, 3.63) is 47.6 Å². The van der Waals surface area contributed by atoms with Gasteiger partial charge in [0.2, 0.25) is 9.84 Å². The van der Waals surface area contributed by atoms with Gasteiger partial charge in [-0.05, 0) is 36.4 Å². The number of allylic oxidation sites excluding steroid dienone is 2. The minimum Gasteiger partial charge on any atom is -0.497 e. The molecule has 0 saturated carbocycles. The number of hydrogen-bond acceptors (Lipinski definition) is 5. The lowest BCUT2D eigenvalue weighted by Gasteiger charge is -2.14. The lowest BCUT2D eigenvalue weighted by molar-refractivity contribution is 0.414. The van der Waals surface area contributed by atoms with Crippen molar-refractivity contribution in [1.29, 1.82) is 0 Å². The van der Waals surface area contributed by atoms with Crippen LogP contribution in [0.3, 0.4) is 0 Å². The zero-order valence-corrected chi connectivity index (χ0v) is 9.99. The molecule has 0 fully saturated rings. The topological polar surface area (TPSA) is 67.4 Å². The largest absolute Gasteiger partial charge is 0.497 e. The second-order valence-corrected chi connectivity index (χ2v) is 5.26. The normalized spacial score (nSPS) is 14.5. The quantitative estimate of drug-likeness (QED) is 0.837. The fourth-order valence-corrected chi connectivity index (χ4v) is 2.58.